The summed E-state index contributed by atoms with van der Waals surface area (Å²) in [6.45, 7) is 3.91. The standard InChI is InChI=1S/C13H17F3N2/c1-8-2-3-18(7-8)13(6-17)9-4-11(15)12(16)5-10(9)14/h4-5,8,13H,2-3,6-7,17H2,1H3. The Hall–Kier alpha value is -1.07. The van der Waals surface area contributed by atoms with Crippen molar-refractivity contribution in [1.29, 1.82) is 0 Å². The lowest BCUT2D eigenvalue weighted by atomic mass is 10.0. The van der Waals surface area contributed by atoms with Crippen LogP contribution in [0, 0.1) is 23.4 Å². The Kier molecular flexibility index (Phi) is 3.92. The number of benzene rings is 1. The van der Waals surface area contributed by atoms with Gasteiger partial charge in [0.2, 0.25) is 0 Å². The molecule has 1 saturated heterocycles. The Morgan fingerprint density at radius 2 is 1.94 bits per heavy atom. The fourth-order valence-electron chi connectivity index (χ4n) is 2.52. The molecule has 2 atom stereocenters. The molecule has 1 aliphatic heterocycles. The van der Waals surface area contributed by atoms with Crippen LogP contribution in [0.25, 0.3) is 0 Å². The topological polar surface area (TPSA) is 29.3 Å². The van der Waals surface area contributed by atoms with Crippen molar-refractivity contribution >= 4 is 0 Å². The molecule has 2 nitrogen and oxygen atoms in total. The van der Waals surface area contributed by atoms with Crippen molar-refractivity contribution in [3.8, 4) is 0 Å². The van der Waals surface area contributed by atoms with Crippen LogP contribution in [0.5, 0.6) is 0 Å². The van der Waals surface area contributed by atoms with Gasteiger partial charge in [-0.05, 0) is 24.9 Å². The molecule has 1 fully saturated rings. The molecular formula is C13H17F3N2. The summed E-state index contributed by atoms with van der Waals surface area (Å²) in [5.41, 5.74) is 5.81. The van der Waals surface area contributed by atoms with Crippen molar-refractivity contribution in [3.63, 3.8) is 0 Å². The van der Waals surface area contributed by atoms with E-state index in [1.807, 2.05) is 4.90 Å². The van der Waals surface area contributed by atoms with Crippen LogP contribution in [-0.4, -0.2) is 24.5 Å². The number of halogens is 3. The minimum Gasteiger partial charge on any atom is -0.329 e. The molecule has 1 heterocycles. The van der Waals surface area contributed by atoms with Gasteiger partial charge in [0, 0.05) is 24.7 Å². The van der Waals surface area contributed by atoms with E-state index >= 15 is 0 Å². The smallest absolute Gasteiger partial charge is 0.161 e. The largest absolute Gasteiger partial charge is 0.329 e. The van der Waals surface area contributed by atoms with E-state index in [-0.39, 0.29) is 18.2 Å². The summed E-state index contributed by atoms with van der Waals surface area (Å²) in [4.78, 5) is 2.03. The Morgan fingerprint density at radius 1 is 1.28 bits per heavy atom. The van der Waals surface area contributed by atoms with Crippen LogP contribution in [0.15, 0.2) is 12.1 Å². The van der Waals surface area contributed by atoms with Gasteiger partial charge in [-0.1, -0.05) is 6.92 Å². The number of likely N-dealkylation sites (tertiary alicyclic amines) is 1. The third-order valence-electron chi connectivity index (χ3n) is 3.52. The Balaban J connectivity index is 2.30. The van der Waals surface area contributed by atoms with Crippen LogP contribution >= 0.6 is 0 Å². The Bertz CT molecular complexity index is 436. The quantitative estimate of drug-likeness (QED) is 0.844. The van der Waals surface area contributed by atoms with Crippen LogP contribution in [-0.2, 0) is 0 Å². The van der Waals surface area contributed by atoms with E-state index in [0.717, 1.165) is 25.6 Å². The SMILES string of the molecule is CC1CCN(C(CN)c2cc(F)c(F)cc2F)C1. The van der Waals surface area contributed by atoms with Crippen LogP contribution in [0.4, 0.5) is 13.2 Å². The Labute approximate surface area is 105 Å². The van der Waals surface area contributed by atoms with E-state index in [1.54, 1.807) is 0 Å². The minimum atomic E-state index is -1.16. The molecule has 100 valence electrons. The number of nitrogens with zero attached hydrogens (tertiary/aromatic N) is 1. The van der Waals surface area contributed by atoms with Gasteiger partial charge in [0.1, 0.15) is 5.82 Å². The highest BCUT2D eigenvalue weighted by molar-refractivity contribution is 5.24. The van der Waals surface area contributed by atoms with Crippen LogP contribution in [0.3, 0.4) is 0 Å². The van der Waals surface area contributed by atoms with Gasteiger partial charge in [0.25, 0.3) is 0 Å². The molecule has 0 radical (unpaired) electrons. The molecule has 2 N–H and O–H groups in total. The maximum atomic E-state index is 13.7. The molecule has 1 aliphatic rings. The number of nitrogens with two attached hydrogens (primary N) is 1. The summed E-state index contributed by atoms with van der Waals surface area (Å²) in [6, 6.07) is 1.13. The number of hydrogen-bond donors (Lipinski definition) is 1. The predicted molar refractivity (Wildman–Crippen MR) is 63.5 cm³/mol. The molecule has 1 aromatic rings. The van der Waals surface area contributed by atoms with Gasteiger partial charge in [-0.2, -0.15) is 0 Å². The van der Waals surface area contributed by atoms with Gasteiger partial charge in [0.05, 0.1) is 6.04 Å². The monoisotopic (exact) mass is 258 g/mol. The van der Waals surface area contributed by atoms with Gasteiger partial charge < -0.3 is 5.73 Å². The maximum Gasteiger partial charge on any atom is 0.161 e. The van der Waals surface area contributed by atoms with Gasteiger partial charge >= 0.3 is 0 Å². The molecule has 2 rings (SSSR count). The van der Waals surface area contributed by atoms with Gasteiger partial charge in [0.15, 0.2) is 11.6 Å². The second-order valence-electron chi connectivity index (χ2n) is 4.93. The third kappa shape index (κ3) is 2.52. The molecule has 0 saturated carbocycles. The number of hydrogen-bond acceptors (Lipinski definition) is 2. The molecule has 0 aliphatic carbocycles. The lowest BCUT2D eigenvalue weighted by Gasteiger charge is -2.27. The summed E-state index contributed by atoms with van der Waals surface area (Å²) in [5, 5.41) is 0. The van der Waals surface area contributed by atoms with E-state index in [2.05, 4.69) is 6.92 Å². The zero-order valence-corrected chi connectivity index (χ0v) is 10.3. The van der Waals surface area contributed by atoms with Gasteiger partial charge in [-0.15, -0.1) is 0 Å². The summed E-state index contributed by atoms with van der Waals surface area (Å²) in [7, 11) is 0. The van der Waals surface area contributed by atoms with Crippen molar-refractivity contribution in [1.82, 2.24) is 4.90 Å². The normalized spacial score (nSPS) is 22.4. The van der Waals surface area contributed by atoms with Crippen LogP contribution < -0.4 is 5.73 Å². The zero-order valence-electron chi connectivity index (χ0n) is 10.3. The molecule has 5 heteroatoms. The first-order valence-electron chi connectivity index (χ1n) is 6.11. The first kappa shape index (κ1) is 13.4. The van der Waals surface area contributed by atoms with E-state index in [9.17, 15) is 13.2 Å². The number of rotatable bonds is 3. The highest BCUT2D eigenvalue weighted by Crippen LogP contribution is 2.29. The van der Waals surface area contributed by atoms with E-state index in [1.165, 1.54) is 0 Å². The van der Waals surface area contributed by atoms with Crippen molar-refractivity contribution in [2.24, 2.45) is 11.7 Å². The molecule has 0 aromatic heterocycles. The lowest BCUT2D eigenvalue weighted by Crippen LogP contribution is -2.32. The molecule has 18 heavy (non-hydrogen) atoms. The zero-order chi connectivity index (χ0) is 13.3. The van der Waals surface area contributed by atoms with E-state index in [0.29, 0.717) is 12.0 Å². The van der Waals surface area contributed by atoms with E-state index < -0.39 is 17.5 Å². The molecule has 1 aromatic carbocycles. The summed E-state index contributed by atoms with van der Waals surface area (Å²) in [5.74, 6) is -2.41. The molecule has 0 bridgehead atoms. The predicted octanol–water partition coefficient (Wildman–Crippen LogP) is 2.45. The summed E-state index contributed by atoms with van der Waals surface area (Å²) < 4.78 is 39.9. The average molecular weight is 258 g/mol. The minimum absolute atomic E-state index is 0.144. The molecule has 2 unspecified atom stereocenters. The Morgan fingerprint density at radius 3 is 2.50 bits per heavy atom. The van der Waals surface area contributed by atoms with Gasteiger partial charge in [-0.3, -0.25) is 4.90 Å². The fourth-order valence-corrected chi connectivity index (χ4v) is 2.52. The molecule has 0 amide bonds. The van der Waals surface area contributed by atoms with Crippen molar-refractivity contribution < 1.29 is 13.2 Å². The second kappa shape index (κ2) is 5.28. The summed E-state index contributed by atoms with van der Waals surface area (Å²) >= 11 is 0. The second-order valence-corrected chi connectivity index (χ2v) is 4.93. The van der Waals surface area contributed by atoms with Crippen LogP contribution in [0.1, 0.15) is 24.9 Å². The lowest BCUT2D eigenvalue weighted by molar-refractivity contribution is 0.237. The third-order valence-corrected chi connectivity index (χ3v) is 3.52. The fraction of sp³-hybridized carbons (Fsp3) is 0.538. The van der Waals surface area contributed by atoms with Crippen molar-refractivity contribution in [3.05, 3.63) is 35.1 Å². The van der Waals surface area contributed by atoms with E-state index in [4.69, 9.17) is 5.73 Å². The van der Waals surface area contributed by atoms with Gasteiger partial charge in [-0.25, -0.2) is 13.2 Å². The van der Waals surface area contributed by atoms with Crippen LogP contribution in [0.2, 0.25) is 0 Å². The average Bonchev–Trinajstić information content (AvgIpc) is 2.73. The highest BCUT2D eigenvalue weighted by Gasteiger charge is 2.28. The first-order chi connectivity index (χ1) is 8.52. The summed E-state index contributed by atoms with van der Waals surface area (Å²) in [6.07, 6.45) is 1.02. The van der Waals surface area contributed by atoms with Crippen molar-refractivity contribution in [2.75, 3.05) is 19.6 Å². The highest BCUT2D eigenvalue weighted by atomic mass is 19.2. The molecule has 0 spiro atoms. The van der Waals surface area contributed by atoms with Crippen molar-refractivity contribution in [2.45, 2.75) is 19.4 Å². The molecular weight excluding hydrogens is 241 g/mol. The first-order valence-corrected chi connectivity index (χ1v) is 6.11. The maximum absolute atomic E-state index is 13.7.